The van der Waals surface area contributed by atoms with Gasteiger partial charge in [-0.05, 0) is 19.4 Å². The molecule has 1 fully saturated rings. The molecule has 0 aliphatic carbocycles. The molecule has 1 aliphatic rings. The summed E-state index contributed by atoms with van der Waals surface area (Å²) in [6, 6.07) is 0.0596. The zero-order chi connectivity index (χ0) is 13.8. The highest BCUT2D eigenvalue weighted by Crippen LogP contribution is 2.34. The lowest BCUT2D eigenvalue weighted by atomic mass is 9.95. The molecule has 0 saturated carbocycles. The zero-order valence-corrected chi connectivity index (χ0v) is 12.5. The van der Waals surface area contributed by atoms with E-state index in [9.17, 15) is 0 Å². The Bertz CT molecular complexity index is 411. The number of ether oxygens (including phenoxy) is 2. The maximum absolute atomic E-state index is 6.30. The van der Waals surface area contributed by atoms with Crippen LogP contribution in [0.25, 0.3) is 0 Å². The van der Waals surface area contributed by atoms with Gasteiger partial charge in [0.15, 0.2) is 0 Å². The number of hydrogen-bond acceptors (Lipinski definition) is 4. The van der Waals surface area contributed by atoms with Gasteiger partial charge in [0.05, 0.1) is 42.2 Å². The molecule has 19 heavy (non-hydrogen) atoms. The number of halogens is 1. The predicted octanol–water partition coefficient (Wildman–Crippen LogP) is 1.87. The molecule has 1 aliphatic heterocycles. The molecule has 1 saturated heterocycles. The largest absolute Gasteiger partial charge is 0.383 e. The Kier molecular flexibility index (Phi) is 5.21. The molecule has 0 aromatic carbocycles. The smallest absolute Gasteiger partial charge is 0.0835 e. The van der Waals surface area contributed by atoms with Crippen molar-refractivity contribution >= 4 is 11.6 Å². The van der Waals surface area contributed by atoms with Crippen molar-refractivity contribution in [2.45, 2.75) is 32.0 Å². The van der Waals surface area contributed by atoms with Crippen LogP contribution in [0.3, 0.4) is 0 Å². The molecule has 0 spiro atoms. The predicted molar refractivity (Wildman–Crippen MR) is 74.4 cm³/mol. The van der Waals surface area contributed by atoms with Crippen molar-refractivity contribution in [2.24, 2.45) is 5.92 Å². The summed E-state index contributed by atoms with van der Waals surface area (Å²) in [5.74, 6) is 0.513. The summed E-state index contributed by atoms with van der Waals surface area (Å²) in [5, 5.41) is 8.33. The van der Waals surface area contributed by atoms with E-state index in [0.29, 0.717) is 24.1 Å². The van der Waals surface area contributed by atoms with Crippen LogP contribution in [0, 0.1) is 5.92 Å². The summed E-state index contributed by atoms with van der Waals surface area (Å²) >= 11 is 6.30. The van der Waals surface area contributed by atoms with Gasteiger partial charge in [-0.2, -0.15) is 5.10 Å². The Morgan fingerprint density at radius 3 is 3.05 bits per heavy atom. The Labute approximate surface area is 119 Å². The van der Waals surface area contributed by atoms with Crippen LogP contribution >= 0.6 is 11.6 Å². The molecule has 5 nitrogen and oxygen atoms in total. The Hall–Kier alpha value is -0.620. The third kappa shape index (κ3) is 3.11. The lowest BCUT2D eigenvalue weighted by molar-refractivity contribution is 0.0598. The monoisotopic (exact) mass is 287 g/mol. The first kappa shape index (κ1) is 14.8. The van der Waals surface area contributed by atoms with Gasteiger partial charge in [0, 0.05) is 13.7 Å². The van der Waals surface area contributed by atoms with E-state index < -0.39 is 0 Å². The summed E-state index contributed by atoms with van der Waals surface area (Å²) in [6.07, 6.45) is 2.92. The zero-order valence-electron chi connectivity index (χ0n) is 11.7. The van der Waals surface area contributed by atoms with Crippen LogP contribution in [0.5, 0.6) is 0 Å². The van der Waals surface area contributed by atoms with Gasteiger partial charge in [-0.1, -0.05) is 18.5 Å². The Balaban J connectivity index is 2.24. The van der Waals surface area contributed by atoms with Gasteiger partial charge in [0.1, 0.15) is 0 Å². The first-order chi connectivity index (χ1) is 9.19. The summed E-state index contributed by atoms with van der Waals surface area (Å²) in [4.78, 5) is 0. The van der Waals surface area contributed by atoms with E-state index in [2.05, 4.69) is 17.3 Å². The van der Waals surface area contributed by atoms with Gasteiger partial charge in [0.2, 0.25) is 0 Å². The number of nitrogens with one attached hydrogen (secondary N) is 1. The molecular formula is C13H22ClN3O2. The molecule has 2 heterocycles. The molecule has 3 atom stereocenters. The minimum atomic E-state index is 0.0596. The van der Waals surface area contributed by atoms with Crippen molar-refractivity contribution in [1.82, 2.24) is 15.1 Å². The number of rotatable bonds is 6. The van der Waals surface area contributed by atoms with Crippen molar-refractivity contribution in [3.63, 3.8) is 0 Å². The number of nitrogens with zero attached hydrogens (tertiary/aromatic N) is 2. The van der Waals surface area contributed by atoms with Gasteiger partial charge < -0.3 is 14.8 Å². The van der Waals surface area contributed by atoms with Crippen molar-refractivity contribution < 1.29 is 9.47 Å². The minimum absolute atomic E-state index is 0.0596. The third-order valence-electron chi connectivity index (χ3n) is 3.72. The molecule has 3 unspecified atom stereocenters. The highest BCUT2D eigenvalue weighted by Gasteiger charge is 2.35. The summed E-state index contributed by atoms with van der Waals surface area (Å²) < 4.78 is 12.9. The maximum atomic E-state index is 6.30. The Morgan fingerprint density at radius 2 is 2.47 bits per heavy atom. The molecule has 108 valence electrons. The van der Waals surface area contributed by atoms with Crippen molar-refractivity contribution in [3.05, 3.63) is 16.9 Å². The summed E-state index contributed by atoms with van der Waals surface area (Å²) in [6.45, 7) is 4.33. The number of methoxy groups -OCH3 is 1. The molecule has 1 N–H and O–H groups in total. The molecular weight excluding hydrogens is 266 g/mol. The fourth-order valence-electron chi connectivity index (χ4n) is 2.64. The van der Waals surface area contributed by atoms with E-state index in [0.717, 1.165) is 18.7 Å². The molecule has 2 rings (SSSR count). The van der Waals surface area contributed by atoms with E-state index >= 15 is 0 Å². The second-order valence-corrected chi connectivity index (χ2v) is 5.37. The van der Waals surface area contributed by atoms with Gasteiger partial charge in [0.25, 0.3) is 0 Å². The molecule has 0 amide bonds. The van der Waals surface area contributed by atoms with Gasteiger partial charge in [-0.15, -0.1) is 0 Å². The third-order valence-corrected chi connectivity index (χ3v) is 4.01. The number of aromatic nitrogens is 2. The van der Waals surface area contributed by atoms with Gasteiger partial charge >= 0.3 is 0 Å². The van der Waals surface area contributed by atoms with E-state index in [1.165, 1.54) is 0 Å². The van der Waals surface area contributed by atoms with Crippen LogP contribution < -0.4 is 5.32 Å². The summed E-state index contributed by atoms with van der Waals surface area (Å²) in [7, 11) is 3.62. The van der Waals surface area contributed by atoms with Crippen LogP contribution in [-0.2, 0) is 16.0 Å². The standard InChI is InChI=1S/C13H22ClN3O2/c1-9-4-6-19-13(9)11(15-2)12-10(14)8-16-17(12)5-7-18-3/h8-9,11,13,15H,4-7H2,1-3H3. The van der Waals surface area contributed by atoms with E-state index in [1.807, 2.05) is 11.7 Å². The van der Waals surface area contributed by atoms with E-state index in [1.54, 1.807) is 13.3 Å². The highest BCUT2D eigenvalue weighted by molar-refractivity contribution is 6.31. The molecule has 1 aromatic heterocycles. The summed E-state index contributed by atoms with van der Waals surface area (Å²) in [5.41, 5.74) is 0.986. The first-order valence-electron chi connectivity index (χ1n) is 6.68. The second-order valence-electron chi connectivity index (χ2n) is 4.96. The van der Waals surface area contributed by atoms with Gasteiger partial charge in [-0.3, -0.25) is 4.68 Å². The highest BCUT2D eigenvalue weighted by atomic mass is 35.5. The normalized spacial score (nSPS) is 24.8. The van der Waals surface area contributed by atoms with Crippen LogP contribution in [-0.4, -0.2) is 43.3 Å². The first-order valence-corrected chi connectivity index (χ1v) is 7.05. The quantitative estimate of drug-likeness (QED) is 0.868. The van der Waals surface area contributed by atoms with Gasteiger partial charge in [-0.25, -0.2) is 0 Å². The molecule has 0 radical (unpaired) electrons. The fourth-order valence-corrected chi connectivity index (χ4v) is 2.90. The number of likely N-dealkylation sites (N-methyl/N-ethyl adjacent to an activating group) is 1. The van der Waals surface area contributed by atoms with Crippen molar-refractivity contribution in [1.29, 1.82) is 0 Å². The Morgan fingerprint density at radius 1 is 1.68 bits per heavy atom. The minimum Gasteiger partial charge on any atom is -0.383 e. The SMILES string of the molecule is CNC(c1c(Cl)cnn1CCOC)C1OCCC1C. The van der Waals surface area contributed by atoms with Crippen LogP contribution in [0.1, 0.15) is 25.1 Å². The van der Waals surface area contributed by atoms with Crippen molar-refractivity contribution in [3.8, 4) is 0 Å². The van der Waals surface area contributed by atoms with Crippen molar-refractivity contribution in [2.75, 3.05) is 27.4 Å². The van der Waals surface area contributed by atoms with E-state index in [4.69, 9.17) is 21.1 Å². The van der Waals surface area contributed by atoms with Crippen LogP contribution in [0.4, 0.5) is 0 Å². The molecule has 1 aromatic rings. The average molecular weight is 288 g/mol. The lowest BCUT2D eigenvalue weighted by Crippen LogP contribution is -2.34. The molecule has 0 bridgehead atoms. The van der Waals surface area contributed by atoms with Crippen LogP contribution in [0.2, 0.25) is 5.02 Å². The number of hydrogen-bond donors (Lipinski definition) is 1. The topological polar surface area (TPSA) is 48.3 Å². The fraction of sp³-hybridized carbons (Fsp3) is 0.769. The average Bonchev–Trinajstić information content (AvgIpc) is 2.97. The van der Waals surface area contributed by atoms with Crippen LogP contribution in [0.15, 0.2) is 6.20 Å². The lowest BCUT2D eigenvalue weighted by Gasteiger charge is -2.26. The van der Waals surface area contributed by atoms with E-state index in [-0.39, 0.29) is 12.1 Å². The molecule has 6 heteroatoms. The second kappa shape index (κ2) is 6.70. The maximum Gasteiger partial charge on any atom is 0.0835 e.